The first-order valence-corrected chi connectivity index (χ1v) is 12.9. The van der Waals surface area contributed by atoms with E-state index in [0.717, 1.165) is 33.8 Å². The molecule has 1 unspecified atom stereocenters. The predicted octanol–water partition coefficient (Wildman–Crippen LogP) is 3.13. The molecule has 1 fully saturated rings. The summed E-state index contributed by atoms with van der Waals surface area (Å²) < 4.78 is 5.50. The molecule has 35 heavy (non-hydrogen) atoms. The minimum Gasteiger partial charge on any atom is -0.481 e. The molecule has 2 aliphatic rings. The smallest absolute Gasteiger partial charge is 0.407 e. The second kappa shape index (κ2) is 11.1. The van der Waals surface area contributed by atoms with Gasteiger partial charge in [-0.2, -0.15) is 11.8 Å². The molecule has 1 aliphatic heterocycles. The highest BCUT2D eigenvalue weighted by Gasteiger charge is 2.36. The van der Waals surface area contributed by atoms with E-state index in [-0.39, 0.29) is 19.1 Å². The average molecular weight is 499 g/mol. The first-order chi connectivity index (χ1) is 16.9. The standard InChI is InChI=1S/C26H30N2O6S/c29-12-9-26(10-13-35-14-11-26)28-24(32)22(15-23(30)31)27-25(33)34-16-21-19-7-3-1-5-17(19)18-6-2-4-8-20(18)21/h1-8,21-22,29H,9-16H2,(H,27,33)(H,28,32)(H,30,31). The molecule has 0 spiro atoms. The van der Waals surface area contributed by atoms with E-state index in [4.69, 9.17) is 4.74 Å². The van der Waals surface area contributed by atoms with Gasteiger partial charge in [0.15, 0.2) is 0 Å². The van der Waals surface area contributed by atoms with Crippen molar-refractivity contribution in [3.05, 3.63) is 59.7 Å². The summed E-state index contributed by atoms with van der Waals surface area (Å²) in [5.41, 5.74) is 3.71. The van der Waals surface area contributed by atoms with E-state index in [0.29, 0.717) is 19.3 Å². The number of rotatable bonds is 9. The lowest BCUT2D eigenvalue weighted by molar-refractivity contribution is -0.140. The summed E-state index contributed by atoms with van der Waals surface area (Å²) in [6.45, 7) is -0.0265. The summed E-state index contributed by atoms with van der Waals surface area (Å²) in [4.78, 5) is 37.1. The molecule has 4 rings (SSSR count). The topological polar surface area (TPSA) is 125 Å². The van der Waals surface area contributed by atoms with Crippen LogP contribution in [0, 0.1) is 0 Å². The van der Waals surface area contributed by atoms with E-state index < -0.39 is 36.0 Å². The highest BCUT2D eigenvalue weighted by Crippen LogP contribution is 2.44. The fourth-order valence-electron chi connectivity index (χ4n) is 4.93. The number of thioether (sulfide) groups is 1. The van der Waals surface area contributed by atoms with Gasteiger partial charge in [-0.15, -0.1) is 0 Å². The molecule has 1 heterocycles. The highest BCUT2D eigenvalue weighted by atomic mass is 32.2. The van der Waals surface area contributed by atoms with Crippen LogP contribution in [-0.2, 0) is 14.3 Å². The van der Waals surface area contributed by atoms with Gasteiger partial charge in [-0.05, 0) is 53.0 Å². The number of alkyl carbamates (subject to hydrolysis) is 1. The summed E-state index contributed by atoms with van der Waals surface area (Å²) in [7, 11) is 0. The Morgan fingerprint density at radius 3 is 2.20 bits per heavy atom. The van der Waals surface area contributed by atoms with Crippen LogP contribution in [0.15, 0.2) is 48.5 Å². The molecule has 4 N–H and O–H groups in total. The normalized spacial score (nSPS) is 17.1. The molecule has 8 nitrogen and oxygen atoms in total. The fourth-order valence-corrected chi connectivity index (χ4v) is 6.20. The fraction of sp³-hybridized carbons (Fsp3) is 0.423. The molecule has 0 saturated carbocycles. The Hall–Kier alpha value is -3.04. The van der Waals surface area contributed by atoms with Crippen molar-refractivity contribution < 1.29 is 29.3 Å². The summed E-state index contributed by atoms with van der Waals surface area (Å²) >= 11 is 1.77. The first-order valence-electron chi connectivity index (χ1n) is 11.8. The van der Waals surface area contributed by atoms with Gasteiger partial charge in [0.25, 0.3) is 0 Å². The van der Waals surface area contributed by atoms with Crippen molar-refractivity contribution in [3.63, 3.8) is 0 Å². The van der Waals surface area contributed by atoms with Gasteiger partial charge in [0.1, 0.15) is 12.6 Å². The first kappa shape index (κ1) is 25.1. The molecule has 1 atom stereocenters. The monoisotopic (exact) mass is 498 g/mol. The average Bonchev–Trinajstić information content (AvgIpc) is 3.16. The molecule has 186 valence electrons. The number of hydrogen-bond donors (Lipinski definition) is 4. The molecule has 2 aromatic carbocycles. The number of carbonyl (C=O) groups is 3. The highest BCUT2D eigenvalue weighted by molar-refractivity contribution is 7.99. The Morgan fingerprint density at radius 1 is 1.03 bits per heavy atom. The number of aliphatic hydroxyl groups is 1. The third-order valence-electron chi connectivity index (χ3n) is 6.76. The molecular formula is C26H30N2O6S. The van der Waals surface area contributed by atoms with E-state index in [2.05, 4.69) is 10.6 Å². The van der Waals surface area contributed by atoms with Crippen molar-refractivity contribution >= 4 is 29.7 Å². The number of amides is 2. The lowest BCUT2D eigenvalue weighted by Crippen LogP contribution is -2.57. The Morgan fingerprint density at radius 2 is 1.63 bits per heavy atom. The van der Waals surface area contributed by atoms with Crippen LogP contribution >= 0.6 is 11.8 Å². The van der Waals surface area contributed by atoms with Gasteiger partial charge >= 0.3 is 12.1 Å². The lowest BCUT2D eigenvalue weighted by atomic mass is 9.88. The summed E-state index contributed by atoms with van der Waals surface area (Å²) in [5.74, 6) is -0.263. The molecule has 0 aromatic heterocycles. The maximum Gasteiger partial charge on any atom is 0.407 e. The largest absolute Gasteiger partial charge is 0.481 e. The maximum atomic E-state index is 13.0. The van der Waals surface area contributed by atoms with Gasteiger partial charge < -0.3 is 25.6 Å². The molecule has 0 bridgehead atoms. The predicted molar refractivity (Wildman–Crippen MR) is 133 cm³/mol. The number of hydrogen-bond acceptors (Lipinski definition) is 6. The quantitative estimate of drug-likeness (QED) is 0.419. The Labute approximate surface area is 208 Å². The number of carboxylic acids is 1. The molecule has 2 aromatic rings. The van der Waals surface area contributed by atoms with E-state index in [1.54, 1.807) is 11.8 Å². The molecule has 9 heteroatoms. The van der Waals surface area contributed by atoms with E-state index in [1.807, 2.05) is 48.5 Å². The van der Waals surface area contributed by atoms with Crippen molar-refractivity contribution in [1.82, 2.24) is 10.6 Å². The van der Waals surface area contributed by atoms with Crippen molar-refractivity contribution in [2.75, 3.05) is 24.7 Å². The van der Waals surface area contributed by atoms with Crippen LogP contribution in [0.2, 0.25) is 0 Å². The molecular weight excluding hydrogens is 468 g/mol. The number of carboxylic acid groups (broad SMARTS) is 1. The number of ether oxygens (including phenoxy) is 1. The van der Waals surface area contributed by atoms with Gasteiger partial charge in [-0.3, -0.25) is 9.59 Å². The van der Waals surface area contributed by atoms with E-state index >= 15 is 0 Å². The van der Waals surface area contributed by atoms with Crippen LogP contribution in [0.4, 0.5) is 4.79 Å². The van der Waals surface area contributed by atoms with Gasteiger partial charge in [0, 0.05) is 18.1 Å². The minimum atomic E-state index is -1.28. The van der Waals surface area contributed by atoms with Crippen molar-refractivity contribution in [2.24, 2.45) is 0 Å². The lowest BCUT2D eigenvalue weighted by Gasteiger charge is -2.38. The number of carbonyl (C=O) groups excluding carboxylic acids is 2. The zero-order valence-electron chi connectivity index (χ0n) is 19.4. The van der Waals surface area contributed by atoms with E-state index in [1.165, 1.54) is 0 Å². The van der Waals surface area contributed by atoms with Gasteiger partial charge in [-0.25, -0.2) is 4.79 Å². The van der Waals surface area contributed by atoms with Gasteiger partial charge in [0.05, 0.1) is 6.42 Å². The van der Waals surface area contributed by atoms with Crippen LogP contribution in [-0.4, -0.2) is 64.5 Å². The van der Waals surface area contributed by atoms with Crippen molar-refractivity contribution in [3.8, 4) is 11.1 Å². The summed E-state index contributed by atoms with van der Waals surface area (Å²) in [5, 5.41) is 24.2. The summed E-state index contributed by atoms with van der Waals surface area (Å²) in [6.07, 6.45) is 0.316. The molecule has 1 saturated heterocycles. The SMILES string of the molecule is O=C(O)CC(NC(=O)OCC1c2ccccc2-c2ccccc21)C(=O)NC1(CCO)CCSCC1. The van der Waals surface area contributed by atoms with Crippen LogP contribution in [0.1, 0.15) is 42.7 Å². The zero-order valence-corrected chi connectivity index (χ0v) is 20.2. The van der Waals surface area contributed by atoms with Gasteiger partial charge in [-0.1, -0.05) is 48.5 Å². The Balaban J connectivity index is 1.42. The second-order valence-corrected chi connectivity index (χ2v) is 10.2. The van der Waals surface area contributed by atoms with Crippen LogP contribution in [0.3, 0.4) is 0 Å². The Bertz CT molecular complexity index is 1030. The van der Waals surface area contributed by atoms with Crippen molar-refractivity contribution in [2.45, 2.75) is 43.2 Å². The molecule has 0 radical (unpaired) electrons. The summed E-state index contributed by atoms with van der Waals surface area (Å²) in [6, 6.07) is 14.6. The second-order valence-electron chi connectivity index (χ2n) is 8.98. The minimum absolute atomic E-state index is 0.0624. The number of fused-ring (bicyclic) bond motifs is 3. The zero-order chi connectivity index (χ0) is 24.8. The molecule has 1 aliphatic carbocycles. The number of aliphatic hydroxyl groups excluding tert-OH is 1. The van der Waals surface area contributed by atoms with Gasteiger partial charge in [0.2, 0.25) is 5.91 Å². The number of nitrogens with one attached hydrogen (secondary N) is 2. The molecule has 2 amide bonds. The van der Waals surface area contributed by atoms with E-state index in [9.17, 15) is 24.6 Å². The Kier molecular flexibility index (Phi) is 7.97. The van der Waals surface area contributed by atoms with Crippen LogP contribution < -0.4 is 10.6 Å². The maximum absolute atomic E-state index is 13.0. The van der Waals surface area contributed by atoms with Crippen LogP contribution in [0.25, 0.3) is 11.1 Å². The number of aliphatic carboxylic acids is 1. The third kappa shape index (κ3) is 5.79. The van der Waals surface area contributed by atoms with Crippen LogP contribution in [0.5, 0.6) is 0 Å². The van der Waals surface area contributed by atoms with Crippen molar-refractivity contribution in [1.29, 1.82) is 0 Å². The third-order valence-corrected chi connectivity index (χ3v) is 7.75. The number of benzene rings is 2.